The van der Waals surface area contributed by atoms with Gasteiger partial charge in [-0.25, -0.2) is 0 Å². The molecule has 0 aromatic heterocycles. The second kappa shape index (κ2) is 6.18. The van der Waals surface area contributed by atoms with Gasteiger partial charge in [-0.3, -0.25) is 4.79 Å². The van der Waals surface area contributed by atoms with Gasteiger partial charge in [0.15, 0.2) is 0 Å². The summed E-state index contributed by atoms with van der Waals surface area (Å²) in [6, 6.07) is -0.442. The molecule has 1 saturated heterocycles. The van der Waals surface area contributed by atoms with E-state index in [2.05, 4.69) is 0 Å². The maximum atomic E-state index is 12.0. The number of hydrogen-bond donors (Lipinski definition) is 2. The fourth-order valence-corrected chi connectivity index (χ4v) is 1.74. The third-order valence-electron chi connectivity index (χ3n) is 3.20. The molecule has 1 aliphatic heterocycles. The van der Waals surface area contributed by atoms with E-state index in [0.29, 0.717) is 19.7 Å². The van der Waals surface area contributed by atoms with Gasteiger partial charge in [0, 0.05) is 13.1 Å². The highest BCUT2D eigenvalue weighted by Crippen LogP contribution is 2.11. The van der Waals surface area contributed by atoms with Crippen LogP contribution >= 0.6 is 0 Å². The molecule has 3 unspecified atom stereocenters. The molecule has 5 heteroatoms. The summed E-state index contributed by atoms with van der Waals surface area (Å²) in [5, 5.41) is 8.99. The number of rotatable bonds is 4. The summed E-state index contributed by atoms with van der Waals surface area (Å²) in [5.41, 5.74) is 5.89. The minimum Gasteiger partial charge on any atom is -0.394 e. The first-order valence-electron chi connectivity index (χ1n) is 5.87. The predicted molar refractivity (Wildman–Crippen MR) is 60.8 cm³/mol. The van der Waals surface area contributed by atoms with Crippen molar-refractivity contribution in [2.45, 2.75) is 32.4 Å². The van der Waals surface area contributed by atoms with Crippen LogP contribution in [0, 0.1) is 5.92 Å². The van der Waals surface area contributed by atoms with E-state index >= 15 is 0 Å². The predicted octanol–water partition coefficient (Wildman–Crippen LogP) is -0.420. The smallest absolute Gasteiger partial charge is 0.239 e. The van der Waals surface area contributed by atoms with E-state index in [1.165, 1.54) is 0 Å². The third-order valence-corrected chi connectivity index (χ3v) is 3.20. The van der Waals surface area contributed by atoms with Gasteiger partial charge in [0.2, 0.25) is 5.91 Å². The Morgan fingerprint density at radius 2 is 2.38 bits per heavy atom. The van der Waals surface area contributed by atoms with Crippen molar-refractivity contribution >= 4 is 5.91 Å². The highest BCUT2D eigenvalue weighted by atomic mass is 16.5. The van der Waals surface area contributed by atoms with Crippen molar-refractivity contribution < 1.29 is 14.6 Å². The molecule has 0 radical (unpaired) electrons. The lowest BCUT2D eigenvalue weighted by Gasteiger charge is -2.34. The minimum absolute atomic E-state index is 0.0314. The molecule has 1 amide bonds. The minimum atomic E-state index is -0.442. The number of nitrogens with zero attached hydrogens (tertiary/aromatic N) is 1. The van der Waals surface area contributed by atoms with Crippen LogP contribution in [0.1, 0.15) is 20.3 Å². The van der Waals surface area contributed by atoms with Crippen molar-refractivity contribution in [3.8, 4) is 0 Å². The zero-order chi connectivity index (χ0) is 12.1. The van der Waals surface area contributed by atoms with E-state index in [1.54, 1.807) is 4.90 Å². The number of carbonyl (C=O) groups is 1. The Kier molecular flexibility index (Phi) is 5.18. The van der Waals surface area contributed by atoms with Gasteiger partial charge in [0.05, 0.1) is 25.4 Å². The van der Waals surface area contributed by atoms with Crippen LogP contribution in [-0.2, 0) is 9.53 Å². The Balaban J connectivity index is 2.52. The molecule has 0 aromatic rings. The zero-order valence-electron chi connectivity index (χ0n) is 10.1. The summed E-state index contributed by atoms with van der Waals surface area (Å²) < 4.78 is 5.29. The molecule has 1 heterocycles. The fourth-order valence-electron chi connectivity index (χ4n) is 1.74. The van der Waals surface area contributed by atoms with Crippen molar-refractivity contribution in [3.05, 3.63) is 0 Å². The van der Waals surface area contributed by atoms with Crippen LogP contribution in [0.2, 0.25) is 0 Å². The Bertz CT molecular complexity index is 235. The third kappa shape index (κ3) is 3.17. The Morgan fingerprint density at radius 1 is 1.69 bits per heavy atom. The summed E-state index contributed by atoms with van der Waals surface area (Å²) in [7, 11) is 0. The second-order valence-electron chi connectivity index (χ2n) is 4.37. The molecule has 1 fully saturated rings. The summed E-state index contributed by atoms with van der Waals surface area (Å²) in [5.74, 6) is 0.152. The van der Waals surface area contributed by atoms with E-state index in [4.69, 9.17) is 15.6 Å². The van der Waals surface area contributed by atoms with Gasteiger partial charge in [0.25, 0.3) is 0 Å². The van der Waals surface area contributed by atoms with Crippen LogP contribution in [0.15, 0.2) is 0 Å². The molecule has 94 valence electrons. The molecule has 0 saturated carbocycles. The van der Waals surface area contributed by atoms with Gasteiger partial charge in [0.1, 0.15) is 0 Å². The van der Waals surface area contributed by atoms with Crippen molar-refractivity contribution in [3.63, 3.8) is 0 Å². The van der Waals surface area contributed by atoms with E-state index in [-0.39, 0.29) is 24.5 Å². The van der Waals surface area contributed by atoms with Crippen LogP contribution in [-0.4, -0.2) is 54.4 Å². The maximum absolute atomic E-state index is 12.0. The van der Waals surface area contributed by atoms with E-state index in [1.807, 2.05) is 13.8 Å². The number of amides is 1. The van der Waals surface area contributed by atoms with Crippen molar-refractivity contribution in [1.29, 1.82) is 0 Å². The van der Waals surface area contributed by atoms with Gasteiger partial charge >= 0.3 is 0 Å². The van der Waals surface area contributed by atoms with Gasteiger partial charge in [-0.15, -0.1) is 0 Å². The lowest BCUT2D eigenvalue weighted by atomic mass is 9.98. The van der Waals surface area contributed by atoms with Gasteiger partial charge in [-0.05, 0) is 5.92 Å². The first-order chi connectivity index (χ1) is 7.60. The molecule has 0 spiro atoms. The summed E-state index contributed by atoms with van der Waals surface area (Å²) in [4.78, 5) is 13.7. The molecule has 0 aliphatic carbocycles. The summed E-state index contributed by atoms with van der Waals surface area (Å²) in [6.07, 6.45) is 0.627. The molecule has 0 bridgehead atoms. The standard InChI is InChI=1S/C11H22N2O3/c1-3-8(2)10(12)11(15)13-4-5-16-9(6-13)7-14/h8-10,14H,3-7,12H2,1-2H3. The number of morpholine rings is 1. The van der Waals surface area contributed by atoms with Crippen molar-refractivity contribution in [2.24, 2.45) is 11.7 Å². The number of aliphatic hydroxyl groups excluding tert-OH is 1. The molecule has 16 heavy (non-hydrogen) atoms. The Labute approximate surface area is 96.6 Å². The van der Waals surface area contributed by atoms with Crippen LogP contribution in [0.3, 0.4) is 0 Å². The first kappa shape index (κ1) is 13.4. The van der Waals surface area contributed by atoms with Crippen molar-refractivity contribution in [2.75, 3.05) is 26.3 Å². The zero-order valence-corrected chi connectivity index (χ0v) is 10.1. The monoisotopic (exact) mass is 230 g/mol. The Hall–Kier alpha value is -0.650. The largest absolute Gasteiger partial charge is 0.394 e. The normalized spacial score (nSPS) is 25.2. The molecule has 5 nitrogen and oxygen atoms in total. The van der Waals surface area contributed by atoms with E-state index in [0.717, 1.165) is 6.42 Å². The van der Waals surface area contributed by atoms with Crippen molar-refractivity contribution in [1.82, 2.24) is 4.90 Å². The average Bonchev–Trinajstić information content (AvgIpc) is 2.36. The topological polar surface area (TPSA) is 75.8 Å². The van der Waals surface area contributed by atoms with Crippen LogP contribution in [0.25, 0.3) is 0 Å². The molecule has 3 N–H and O–H groups in total. The lowest BCUT2D eigenvalue weighted by Crippen LogP contribution is -2.53. The second-order valence-corrected chi connectivity index (χ2v) is 4.37. The summed E-state index contributed by atoms with van der Waals surface area (Å²) in [6.45, 7) is 5.44. The number of carbonyl (C=O) groups excluding carboxylic acids is 1. The fraction of sp³-hybridized carbons (Fsp3) is 0.909. The highest BCUT2D eigenvalue weighted by Gasteiger charge is 2.29. The molecule has 1 aliphatic rings. The summed E-state index contributed by atoms with van der Waals surface area (Å²) >= 11 is 0. The van der Waals surface area contributed by atoms with Crippen LogP contribution in [0.5, 0.6) is 0 Å². The first-order valence-corrected chi connectivity index (χ1v) is 5.87. The maximum Gasteiger partial charge on any atom is 0.239 e. The molecule has 0 aromatic carbocycles. The molecular weight excluding hydrogens is 208 g/mol. The molecule has 3 atom stereocenters. The molecule has 1 rings (SSSR count). The highest BCUT2D eigenvalue weighted by molar-refractivity contribution is 5.82. The Morgan fingerprint density at radius 3 is 2.94 bits per heavy atom. The quantitative estimate of drug-likeness (QED) is 0.688. The van der Waals surface area contributed by atoms with Crippen LogP contribution < -0.4 is 5.73 Å². The lowest BCUT2D eigenvalue weighted by molar-refractivity contribution is -0.142. The SMILES string of the molecule is CCC(C)C(N)C(=O)N1CCOC(CO)C1. The van der Waals surface area contributed by atoms with Gasteiger partial charge in [-0.1, -0.05) is 20.3 Å². The number of nitrogens with two attached hydrogens (primary N) is 1. The average molecular weight is 230 g/mol. The van der Waals surface area contributed by atoms with E-state index < -0.39 is 6.04 Å². The van der Waals surface area contributed by atoms with E-state index in [9.17, 15) is 4.79 Å². The number of aliphatic hydroxyl groups is 1. The molecular formula is C11H22N2O3. The van der Waals surface area contributed by atoms with Crippen LogP contribution in [0.4, 0.5) is 0 Å². The van der Waals surface area contributed by atoms with Gasteiger partial charge in [-0.2, -0.15) is 0 Å². The van der Waals surface area contributed by atoms with Gasteiger partial charge < -0.3 is 20.5 Å². The number of ether oxygens (including phenoxy) is 1. The number of hydrogen-bond acceptors (Lipinski definition) is 4.